The Balaban J connectivity index is 2.39. The lowest BCUT2D eigenvalue weighted by molar-refractivity contribution is 0.506. The van der Waals surface area contributed by atoms with E-state index in [0.29, 0.717) is 5.69 Å². The van der Waals surface area contributed by atoms with Crippen LogP contribution in [0.1, 0.15) is 12.8 Å². The number of hydrogen-bond donors (Lipinski definition) is 3. The summed E-state index contributed by atoms with van der Waals surface area (Å²) < 4.78 is 0. The van der Waals surface area contributed by atoms with Gasteiger partial charge in [-0.05, 0) is 12.8 Å². The molecule has 0 aliphatic carbocycles. The minimum Gasteiger partial charge on any atom is -0.394 e. The van der Waals surface area contributed by atoms with Crippen molar-refractivity contribution in [1.82, 2.24) is 4.98 Å². The summed E-state index contributed by atoms with van der Waals surface area (Å²) in [6, 6.07) is 2.26. The molecule has 1 saturated heterocycles. The van der Waals surface area contributed by atoms with Gasteiger partial charge < -0.3 is 26.6 Å². The maximum Gasteiger partial charge on any atom is 0.153 e. The van der Waals surface area contributed by atoms with Crippen molar-refractivity contribution in [3.8, 4) is 0 Å². The smallest absolute Gasteiger partial charge is 0.153 e. The fourth-order valence-electron chi connectivity index (χ4n) is 2.44. The van der Waals surface area contributed by atoms with Crippen LogP contribution in [0.2, 0.25) is 0 Å². The van der Waals surface area contributed by atoms with Gasteiger partial charge >= 0.3 is 0 Å². The Labute approximate surface area is 114 Å². The Morgan fingerprint density at radius 1 is 1.47 bits per heavy atom. The van der Waals surface area contributed by atoms with Crippen molar-refractivity contribution >= 4 is 23.0 Å². The van der Waals surface area contributed by atoms with Gasteiger partial charge in [-0.15, -0.1) is 0 Å². The van der Waals surface area contributed by atoms with Gasteiger partial charge in [0.2, 0.25) is 0 Å². The molecule has 0 bridgehead atoms. The molecule has 1 aromatic heterocycles. The number of aromatic nitrogens is 1. The number of nitrogens with one attached hydrogen (secondary N) is 1. The zero-order valence-corrected chi connectivity index (χ0v) is 12.0. The molecule has 6 heteroatoms. The molecule has 0 saturated carbocycles. The predicted octanol–water partition coefficient (Wildman–Crippen LogP) is 0.699. The van der Waals surface area contributed by atoms with Crippen molar-refractivity contribution in [2.24, 2.45) is 5.73 Å². The molecule has 0 spiro atoms. The summed E-state index contributed by atoms with van der Waals surface area (Å²) in [5.74, 6) is 1.62. The Hall–Kier alpha value is -1.69. The van der Waals surface area contributed by atoms with E-state index in [2.05, 4.69) is 15.2 Å². The van der Waals surface area contributed by atoms with E-state index < -0.39 is 0 Å². The molecule has 19 heavy (non-hydrogen) atoms. The van der Waals surface area contributed by atoms with Gasteiger partial charge in [-0.3, -0.25) is 0 Å². The van der Waals surface area contributed by atoms with Crippen LogP contribution in [0.15, 0.2) is 6.07 Å². The maximum absolute atomic E-state index is 6.21. The largest absolute Gasteiger partial charge is 0.394 e. The lowest BCUT2D eigenvalue weighted by atomic mass is 10.1. The van der Waals surface area contributed by atoms with E-state index in [1.54, 1.807) is 0 Å². The minimum atomic E-state index is 0.224. The molecule has 1 aromatic rings. The molecular formula is C13H24N6. The molecule has 2 heterocycles. The SMILES string of the molecule is CNc1nc(N(C)C)cc(N2CCC[C@@H](N)C2)c1N. The van der Waals surface area contributed by atoms with Crippen LogP contribution >= 0.6 is 0 Å². The second-order valence-corrected chi connectivity index (χ2v) is 5.25. The third kappa shape index (κ3) is 2.84. The number of nitrogens with two attached hydrogens (primary N) is 2. The number of anilines is 4. The summed E-state index contributed by atoms with van der Waals surface area (Å²) in [6.45, 7) is 1.85. The highest BCUT2D eigenvalue weighted by molar-refractivity contribution is 5.81. The van der Waals surface area contributed by atoms with Crippen LogP contribution < -0.4 is 26.6 Å². The first kappa shape index (κ1) is 13.7. The Kier molecular flexibility index (Phi) is 3.99. The highest BCUT2D eigenvalue weighted by Gasteiger charge is 2.21. The summed E-state index contributed by atoms with van der Waals surface area (Å²) in [7, 11) is 5.79. The predicted molar refractivity (Wildman–Crippen MR) is 81.9 cm³/mol. The van der Waals surface area contributed by atoms with Gasteiger partial charge in [0.25, 0.3) is 0 Å². The van der Waals surface area contributed by atoms with Gasteiger partial charge in [-0.1, -0.05) is 0 Å². The van der Waals surface area contributed by atoms with Gasteiger partial charge in [0, 0.05) is 46.3 Å². The molecule has 5 N–H and O–H groups in total. The number of pyridine rings is 1. The average molecular weight is 264 g/mol. The minimum absolute atomic E-state index is 0.224. The first-order valence-corrected chi connectivity index (χ1v) is 6.69. The normalized spacial score (nSPS) is 19.4. The number of nitrogen functional groups attached to an aromatic ring is 1. The summed E-state index contributed by atoms with van der Waals surface area (Å²) in [4.78, 5) is 8.74. The van der Waals surface area contributed by atoms with Crippen molar-refractivity contribution in [1.29, 1.82) is 0 Å². The number of piperidine rings is 1. The van der Waals surface area contributed by atoms with E-state index in [9.17, 15) is 0 Å². The molecular weight excluding hydrogens is 240 g/mol. The zero-order valence-electron chi connectivity index (χ0n) is 12.0. The third-order valence-corrected chi connectivity index (χ3v) is 3.52. The fourth-order valence-corrected chi connectivity index (χ4v) is 2.44. The standard InChI is InChI=1S/C13H24N6/c1-16-13-12(15)10(7-11(17-13)18(2)3)19-6-4-5-9(14)8-19/h7,9H,4-6,8,14-15H2,1-3H3,(H,16,17)/t9-/m1/s1. The van der Waals surface area contributed by atoms with Gasteiger partial charge in [0.15, 0.2) is 5.82 Å². The molecule has 2 rings (SSSR count). The van der Waals surface area contributed by atoms with E-state index in [1.807, 2.05) is 32.1 Å². The molecule has 0 unspecified atom stereocenters. The second kappa shape index (κ2) is 5.52. The van der Waals surface area contributed by atoms with Crippen LogP contribution in [-0.4, -0.2) is 45.3 Å². The quantitative estimate of drug-likeness (QED) is 0.745. The highest BCUT2D eigenvalue weighted by Crippen LogP contribution is 2.33. The first-order valence-electron chi connectivity index (χ1n) is 6.69. The number of rotatable bonds is 3. The van der Waals surface area contributed by atoms with Gasteiger partial charge in [-0.2, -0.15) is 0 Å². The topological polar surface area (TPSA) is 83.4 Å². The van der Waals surface area contributed by atoms with Crippen molar-refractivity contribution in [3.05, 3.63) is 6.07 Å². The lowest BCUT2D eigenvalue weighted by Crippen LogP contribution is -2.43. The zero-order chi connectivity index (χ0) is 14.0. The van der Waals surface area contributed by atoms with Crippen LogP contribution in [0.25, 0.3) is 0 Å². The molecule has 1 aliphatic rings. The second-order valence-electron chi connectivity index (χ2n) is 5.25. The van der Waals surface area contributed by atoms with E-state index in [4.69, 9.17) is 11.5 Å². The van der Waals surface area contributed by atoms with Crippen LogP contribution in [0.4, 0.5) is 23.0 Å². The van der Waals surface area contributed by atoms with Crippen LogP contribution in [-0.2, 0) is 0 Å². The Bertz CT molecular complexity index is 445. The molecule has 0 aromatic carbocycles. The summed E-state index contributed by atoms with van der Waals surface area (Å²) in [5.41, 5.74) is 14.0. The van der Waals surface area contributed by atoms with E-state index in [1.165, 1.54) is 0 Å². The third-order valence-electron chi connectivity index (χ3n) is 3.52. The first-order chi connectivity index (χ1) is 9.02. The monoisotopic (exact) mass is 264 g/mol. The van der Waals surface area contributed by atoms with Crippen molar-refractivity contribution in [2.45, 2.75) is 18.9 Å². The van der Waals surface area contributed by atoms with Crippen molar-refractivity contribution in [3.63, 3.8) is 0 Å². The summed E-state index contributed by atoms with van der Waals surface area (Å²) >= 11 is 0. The highest BCUT2D eigenvalue weighted by atomic mass is 15.2. The van der Waals surface area contributed by atoms with Crippen LogP contribution in [0.5, 0.6) is 0 Å². The van der Waals surface area contributed by atoms with Crippen molar-refractivity contribution in [2.75, 3.05) is 55.1 Å². The van der Waals surface area contributed by atoms with Crippen LogP contribution in [0.3, 0.4) is 0 Å². The fraction of sp³-hybridized carbons (Fsp3) is 0.615. The lowest BCUT2D eigenvalue weighted by Gasteiger charge is -2.34. The Morgan fingerprint density at radius 3 is 2.79 bits per heavy atom. The molecule has 1 fully saturated rings. The molecule has 1 aliphatic heterocycles. The molecule has 6 nitrogen and oxygen atoms in total. The van der Waals surface area contributed by atoms with Crippen molar-refractivity contribution < 1.29 is 0 Å². The van der Waals surface area contributed by atoms with E-state index in [0.717, 1.165) is 43.3 Å². The molecule has 0 amide bonds. The molecule has 0 radical (unpaired) electrons. The van der Waals surface area contributed by atoms with E-state index >= 15 is 0 Å². The van der Waals surface area contributed by atoms with Gasteiger partial charge in [-0.25, -0.2) is 4.98 Å². The van der Waals surface area contributed by atoms with Gasteiger partial charge in [0.05, 0.1) is 11.4 Å². The summed E-state index contributed by atoms with van der Waals surface area (Å²) in [5, 5.41) is 3.06. The summed E-state index contributed by atoms with van der Waals surface area (Å²) in [6.07, 6.45) is 2.19. The maximum atomic E-state index is 6.21. The molecule has 1 atom stereocenters. The Morgan fingerprint density at radius 2 is 2.21 bits per heavy atom. The number of hydrogen-bond acceptors (Lipinski definition) is 6. The average Bonchev–Trinajstić information content (AvgIpc) is 2.38. The van der Waals surface area contributed by atoms with Crippen LogP contribution in [0, 0.1) is 0 Å². The van der Waals surface area contributed by atoms with Gasteiger partial charge in [0.1, 0.15) is 5.82 Å². The number of nitrogens with zero attached hydrogens (tertiary/aromatic N) is 3. The van der Waals surface area contributed by atoms with E-state index in [-0.39, 0.29) is 6.04 Å². The molecule has 106 valence electrons.